The lowest BCUT2D eigenvalue weighted by molar-refractivity contribution is 0.0405. The average Bonchev–Trinajstić information content (AvgIpc) is 2.77. The molecule has 2 aliphatic rings. The maximum atomic E-state index is 10.3. The molecule has 0 heterocycles. The zero-order valence-electron chi connectivity index (χ0n) is 11.2. The van der Waals surface area contributed by atoms with Crippen molar-refractivity contribution in [2.24, 2.45) is 0 Å². The van der Waals surface area contributed by atoms with Crippen molar-refractivity contribution in [3.8, 4) is 0 Å². The molecule has 3 heteroatoms. The summed E-state index contributed by atoms with van der Waals surface area (Å²) < 4.78 is 0. The van der Waals surface area contributed by atoms with Gasteiger partial charge in [-0.3, -0.25) is 0 Å². The highest BCUT2D eigenvalue weighted by molar-refractivity contribution is 6.31. The van der Waals surface area contributed by atoms with Crippen LogP contribution in [0.4, 0.5) is 0 Å². The summed E-state index contributed by atoms with van der Waals surface area (Å²) >= 11 is 6.22. The molecule has 1 aromatic carbocycles. The number of hydrogen-bond acceptors (Lipinski definition) is 2. The van der Waals surface area contributed by atoms with Crippen molar-refractivity contribution in [3.05, 3.63) is 34.9 Å². The van der Waals surface area contributed by atoms with Gasteiger partial charge in [-0.25, -0.2) is 0 Å². The molecule has 0 bridgehead atoms. The highest BCUT2D eigenvalue weighted by atomic mass is 35.5. The number of aliphatic hydroxyl groups is 1. The summed E-state index contributed by atoms with van der Waals surface area (Å²) in [5.41, 5.74) is 0.844. The molecule has 0 saturated heterocycles. The van der Waals surface area contributed by atoms with Crippen LogP contribution >= 0.6 is 11.6 Å². The average molecular weight is 280 g/mol. The summed E-state index contributed by atoms with van der Waals surface area (Å²) in [6.45, 7) is 0.757. The van der Waals surface area contributed by atoms with Crippen LogP contribution in [0, 0.1) is 0 Å². The number of hydrogen-bond donors (Lipinski definition) is 2. The molecule has 0 atom stereocenters. The quantitative estimate of drug-likeness (QED) is 0.884. The maximum absolute atomic E-state index is 10.3. The molecule has 2 saturated carbocycles. The standard InChI is InChI=1S/C16H22ClNO/c17-15-6-2-1-5-14(15)12-9-13(10-12)18-11-16(19)7-3-4-8-16/h1-2,5-6,12-13,18-19H,3-4,7-11H2. The molecular weight excluding hydrogens is 258 g/mol. The van der Waals surface area contributed by atoms with Gasteiger partial charge in [0.05, 0.1) is 5.60 Å². The van der Waals surface area contributed by atoms with E-state index in [0.717, 1.165) is 37.3 Å². The van der Waals surface area contributed by atoms with Gasteiger partial charge in [0, 0.05) is 17.6 Å². The minimum atomic E-state index is -0.435. The topological polar surface area (TPSA) is 32.3 Å². The number of halogens is 1. The predicted octanol–water partition coefficient (Wildman–Crippen LogP) is 3.48. The predicted molar refractivity (Wildman–Crippen MR) is 78.6 cm³/mol. The summed E-state index contributed by atoms with van der Waals surface area (Å²) in [5, 5.41) is 14.7. The number of nitrogens with one attached hydrogen (secondary N) is 1. The first-order valence-electron chi connectivity index (χ1n) is 7.36. The van der Waals surface area contributed by atoms with Gasteiger partial charge in [0.25, 0.3) is 0 Å². The second-order valence-corrected chi connectivity index (χ2v) is 6.61. The van der Waals surface area contributed by atoms with Crippen molar-refractivity contribution in [2.45, 2.75) is 56.1 Å². The third-order valence-electron chi connectivity index (χ3n) is 4.74. The molecule has 104 valence electrons. The number of rotatable bonds is 4. The Balaban J connectivity index is 1.47. The fourth-order valence-corrected chi connectivity index (χ4v) is 3.68. The smallest absolute Gasteiger partial charge is 0.0771 e. The van der Waals surface area contributed by atoms with Crippen molar-refractivity contribution >= 4 is 11.6 Å². The van der Waals surface area contributed by atoms with Crippen molar-refractivity contribution in [2.75, 3.05) is 6.54 Å². The lowest BCUT2D eigenvalue weighted by Crippen LogP contribution is -2.47. The van der Waals surface area contributed by atoms with E-state index in [1.165, 1.54) is 18.4 Å². The molecule has 0 aromatic heterocycles. The lowest BCUT2D eigenvalue weighted by atomic mass is 9.75. The second-order valence-electron chi connectivity index (χ2n) is 6.20. The molecule has 1 aromatic rings. The fraction of sp³-hybridized carbons (Fsp3) is 0.625. The minimum Gasteiger partial charge on any atom is -0.389 e. The van der Waals surface area contributed by atoms with Crippen molar-refractivity contribution in [1.29, 1.82) is 0 Å². The molecule has 3 rings (SSSR count). The molecule has 2 aliphatic carbocycles. The molecule has 0 amide bonds. The first-order chi connectivity index (χ1) is 9.16. The number of benzene rings is 1. The monoisotopic (exact) mass is 279 g/mol. The Morgan fingerprint density at radius 3 is 2.58 bits per heavy atom. The third-order valence-corrected chi connectivity index (χ3v) is 5.08. The lowest BCUT2D eigenvalue weighted by Gasteiger charge is -2.38. The van der Waals surface area contributed by atoms with E-state index in [2.05, 4.69) is 17.4 Å². The van der Waals surface area contributed by atoms with Gasteiger partial charge >= 0.3 is 0 Å². The van der Waals surface area contributed by atoms with Crippen LogP contribution in [0.1, 0.15) is 50.0 Å². The Kier molecular flexibility index (Phi) is 3.84. The van der Waals surface area contributed by atoms with E-state index in [1.807, 2.05) is 12.1 Å². The van der Waals surface area contributed by atoms with Gasteiger partial charge in [-0.2, -0.15) is 0 Å². The summed E-state index contributed by atoms with van der Waals surface area (Å²) in [6.07, 6.45) is 6.54. The summed E-state index contributed by atoms with van der Waals surface area (Å²) in [4.78, 5) is 0. The molecule has 0 aliphatic heterocycles. The zero-order chi connectivity index (χ0) is 13.3. The molecule has 0 unspecified atom stereocenters. The van der Waals surface area contributed by atoms with Crippen LogP contribution in [0.5, 0.6) is 0 Å². The third kappa shape index (κ3) is 2.96. The molecule has 19 heavy (non-hydrogen) atoms. The van der Waals surface area contributed by atoms with Crippen LogP contribution in [0.25, 0.3) is 0 Å². The molecular formula is C16H22ClNO. The fourth-order valence-electron chi connectivity index (χ4n) is 3.39. The largest absolute Gasteiger partial charge is 0.389 e. The van der Waals surface area contributed by atoms with E-state index in [4.69, 9.17) is 11.6 Å². The minimum absolute atomic E-state index is 0.435. The Morgan fingerprint density at radius 1 is 1.21 bits per heavy atom. The Hall–Kier alpha value is -0.570. The van der Waals surface area contributed by atoms with Gasteiger partial charge in [-0.1, -0.05) is 42.6 Å². The van der Waals surface area contributed by atoms with E-state index >= 15 is 0 Å². The van der Waals surface area contributed by atoms with Gasteiger partial charge < -0.3 is 10.4 Å². The van der Waals surface area contributed by atoms with Crippen molar-refractivity contribution in [1.82, 2.24) is 5.32 Å². The van der Waals surface area contributed by atoms with Gasteiger partial charge in [-0.15, -0.1) is 0 Å². The molecule has 2 nitrogen and oxygen atoms in total. The zero-order valence-corrected chi connectivity index (χ0v) is 12.0. The highest BCUT2D eigenvalue weighted by Gasteiger charge is 2.35. The molecule has 2 N–H and O–H groups in total. The first kappa shape index (κ1) is 13.4. The summed E-state index contributed by atoms with van der Waals surface area (Å²) in [7, 11) is 0. The Labute approximate surface area is 120 Å². The first-order valence-corrected chi connectivity index (χ1v) is 7.74. The van der Waals surface area contributed by atoms with Crippen LogP contribution in [-0.4, -0.2) is 23.3 Å². The SMILES string of the molecule is OC1(CNC2CC(c3ccccc3Cl)C2)CCCC1. The van der Waals surface area contributed by atoms with Gasteiger partial charge in [0.1, 0.15) is 0 Å². The molecule has 2 fully saturated rings. The van der Waals surface area contributed by atoms with E-state index in [9.17, 15) is 5.11 Å². The van der Waals surface area contributed by atoms with Gasteiger partial charge in [-0.05, 0) is 43.2 Å². The Bertz CT molecular complexity index is 436. The summed E-state index contributed by atoms with van der Waals surface area (Å²) in [6, 6.07) is 8.69. The van der Waals surface area contributed by atoms with E-state index < -0.39 is 5.60 Å². The van der Waals surface area contributed by atoms with Crippen LogP contribution in [0.15, 0.2) is 24.3 Å². The maximum Gasteiger partial charge on any atom is 0.0771 e. The van der Waals surface area contributed by atoms with E-state index in [1.54, 1.807) is 0 Å². The van der Waals surface area contributed by atoms with Gasteiger partial charge in [0.15, 0.2) is 0 Å². The van der Waals surface area contributed by atoms with Gasteiger partial charge in [0.2, 0.25) is 0 Å². The summed E-state index contributed by atoms with van der Waals surface area (Å²) in [5.74, 6) is 0.587. The normalized spacial score (nSPS) is 29.2. The second kappa shape index (κ2) is 5.43. The van der Waals surface area contributed by atoms with Crippen molar-refractivity contribution < 1.29 is 5.11 Å². The van der Waals surface area contributed by atoms with Crippen LogP contribution in [0.2, 0.25) is 5.02 Å². The van der Waals surface area contributed by atoms with Crippen molar-refractivity contribution in [3.63, 3.8) is 0 Å². The van der Waals surface area contributed by atoms with Crippen LogP contribution in [0.3, 0.4) is 0 Å². The highest BCUT2D eigenvalue weighted by Crippen LogP contribution is 2.40. The van der Waals surface area contributed by atoms with E-state index in [-0.39, 0.29) is 0 Å². The van der Waals surface area contributed by atoms with Crippen LogP contribution in [-0.2, 0) is 0 Å². The van der Waals surface area contributed by atoms with Crippen LogP contribution < -0.4 is 5.32 Å². The van der Waals surface area contributed by atoms with E-state index in [0.29, 0.717) is 12.0 Å². The Morgan fingerprint density at radius 2 is 1.89 bits per heavy atom. The molecule has 0 radical (unpaired) electrons. The molecule has 0 spiro atoms.